The Morgan fingerprint density at radius 2 is 0.750 bits per heavy atom. The first-order chi connectivity index (χ1) is 27.7. The topological polar surface area (TPSA) is 69.6 Å². The fraction of sp³-hybridized carbons (Fsp3) is 0.750. The van der Waals surface area contributed by atoms with Gasteiger partial charge in [0, 0.05) is 6.42 Å². The minimum absolute atomic E-state index is 0.0808. The third kappa shape index (κ3) is 43.0. The molecule has 3 N–H and O–H groups in total. The van der Waals surface area contributed by atoms with Crippen LogP contribution in [-0.2, 0) is 4.79 Å². The number of hydrogen-bond donors (Lipinski definition) is 3. The number of rotatable bonds is 43. The molecule has 0 aliphatic heterocycles. The van der Waals surface area contributed by atoms with Crippen molar-refractivity contribution in [1.29, 1.82) is 0 Å². The van der Waals surface area contributed by atoms with Crippen LogP contribution in [0.25, 0.3) is 0 Å². The second-order valence-electron chi connectivity index (χ2n) is 16.2. The van der Waals surface area contributed by atoms with E-state index in [1.807, 2.05) is 6.08 Å². The summed E-state index contributed by atoms with van der Waals surface area (Å²) in [4.78, 5) is 12.4. The lowest BCUT2D eigenvalue weighted by atomic mass is 10.0. The van der Waals surface area contributed by atoms with Gasteiger partial charge >= 0.3 is 0 Å². The number of unbranched alkanes of at least 4 members (excludes halogenated alkanes) is 26. The Morgan fingerprint density at radius 3 is 1.16 bits per heavy atom. The van der Waals surface area contributed by atoms with Gasteiger partial charge < -0.3 is 15.5 Å². The van der Waals surface area contributed by atoms with Crippen molar-refractivity contribution in [2.24, 2.45) is 0 Å². The van der Waals surface area contributed by atoms with Crippen LogP contribution in [0, 0.1) is 0 Å². The first-order valence-electron chi connectivity index (χ1n) is 24.2. The number of carbonyl (C=O) groups excluding carboxylic acids is 1. The highest BCUT2D eigenvalue weighted by Crippen LogP contribution is 2.14. The molecular weight excluding hydrogens is 687 g/mol. The quantitative estimate of drug-likeness (QED) is 0.0426. The molecule has 0 aromatic rings. The number of allylic oxidation sites excluding steroid dienone is 11. The minimum Gasteiger partial charge on any atom is -0.394 e. The molecule has 0 aromatic carbocycles. The van der Waals surface area contributed by atoms with Gasteiger partial charge in [0.15, 0.2) is 0 Å². The van der Waals surface area contributed by atoms with Gasteiger partial charge in [-0.25, -0.2) is 0 Å². The summed E-state index contributed by atoms with van der Waals surface area (Å²) >= 11 is 0. The minimum atomic E-state index is -0.872. The van der Waals surface area contributed by atoms with E-state index in [-0.39, 0.29) is 12.5 Å². The number of carbonyl (C=O) groups is 1. The molecule has 0 aliphatic rings. The maximum atomic E-state index is 12.4. The molecular formula is C52H93NO3. The number of hydrogen-bond acceptors (Lipinski definition) is 3. The van der Waals surface area contributed by atoms with E-state index >= 15 is 0 Å². The Morgan fingerprint density at radius 1 is 0.429 bits per heavy atom. The molecule has 0 spiro atoms. The second kappa shape index (κ2) is 47.2. The van der Waals surface area contributed by atoms with Gasteiger partial charge in [0.05, 0.1) is 18.8 Å². The molecule has 2 unspecified atom stereocenters. The van der Waals surface area contributed by atoms with E-state index in [9.17, 15) is 15.0 Å². The summed E-state index contributed by atoms with van der Waals surface area (Å²) in [6.45, 7) is 4.26. The van der Waals surface area contributed by atoms with Gasteiger partial charge in [0.2, 0.25) is 5.91 Å². The Kier molecular flexibility index (Phi) is 45.4. The van der Waals surface area contributed by atoms with Crippen LogP contribution in [0.2, 0.25) is 0 Å². The van der Waals surface area contributed by atoms with Crippen molar-refractivity contribution in [1.82, 2.24) is 5.32 Å². The van der Waals surface area contributed by atoms with E-state index in [4.69, 9.17) is 0 Å². The summed E-state index contributed by atoms with van der Waals surface area (Å²) in [6, 6.07) is -0.648. The van der Waals surface area contributed by atoms with Gasteiger partial charge in [-0.3, -0.25) is 4.79 Å². The monoisotopic (exact) mass is 780 g/mol. The smallest absolute Gasteiger partial charge is 0.220 e. The highest BCUT2D eigenvalue weighted by molar-refractivity contribution is 5.76. The van der Waals surface area contributed by atoms with E-state index in [0.29, 0.717) is 6.42 Å². The van der Waals surface area contributed by atoms with Crippen LogP contribution in [0.4, 0.5) is 0 Å². The van der Waals surface area contributed by atoms with Crippen molar-refractivity contribution in [3.8, 4) is 0 Å². The van der Waals surface area contributed by atoms with Gasteiger partial charge in [0.1, 0.15) is 0 Å². The molecule has 4 nitrogen and oxygen atoms in total. The molecule has 0 fully saturated rings. The van der Waals surface area contributed by atoms with Gasteiger partial charge in [-0.2, -0.15) is 0 Å². The second-order valence-corrected chi connectivity index (χ2v) is 16.2. The highest BCUT2D eigenvalue weighted by atomic mass is 16.3. The molecule has 4 heteroatoms. The SMILES string of the molecule is CCCCCCC/C=C\C/C=C\C/C=C\CCCCCCCCCCCCCCCCC(=O)NC(CO)C(O)/C=C/CC/C=C/CC/C=C/CCCCCCC. The Bertz CT molecular complexity index is 977. The first kappa shape index (κ1) is 53.8. The molecule has 0 heterocycles. The number of nitrogens with one attached hydrogen (secondary N) is 1. The molecule has 0 aliphatic carbocycles. The zero-order valence-electron chi connectivity index (χ0n) is 37.1. The normalized spacial score (nSPS) is 13.6. The van der Waals surface area contributed by atoms with Crippen LogP contribution in [-0.4, -0.2) is 34.9 Å². The van der Waals surface area contributed by atoms with Crippen molar-refractivity contribution in [2.45, 2.75) is 244 Å². The van der Waals surface area contributed by atoms with E-state index in [0.717, 1.165) is 51.4 Å². The van der Waals surface area contributed by atoms with Crippen LogP contribution >= 0.6 is 0 Å². The molecule has 1 amide bonds. The van der Waals surface area contributed by atoms with Gasteiger partial charge in [-0.05, 0) is 83.5 Å². The standard InChI is InChI=1S/C52H93NO3/c1-3-5-7-9-11-13-15-17-19-20-21-22-23-24-25-26-27-28-29-30-31-32-34-36-38-40-42-44-46-48-52(56)53-50(49-54)51(55)47-45-43-41-39-37-35-33-18-16-14-12-10-8-6-4-2/h15-18,20-21,23-24,37,39,45,47,50-51,54-55H,3-14,19,22,25-36,38,40-44,46,48-49H2,1-2H3,(H,53,56)/b17-15-,18-16+,21-20-,24-23-,39-37+,47-45+. The number of amides is 1. The summed E-state index contributed by atoms with van der Waals surface area (Å²) in [5.74, 6) is -0.0808. The Labute approximate surface area is 349 Å². The van der Waals surface area contributed by atoms with Gasteiger partial charge in [-0.15, -0.1) is 0 Å². The first-order valence-corrected chi connectivity index (χ1v) is 24.2. The van der Waals surface area contributed by atoms with E-state index < -0.39 is 12.1 Å². The van der Waals surface area contributed by atoms with Crippen molar-refractivity contribution in [3.63, 3.8) is 0 Å². The summed E-state index contributed by atoms with van der Waals surface area (Å²) in [6.07, 6.45) is 67.4. The predicted molar refractivity (Wildman–Crippen MR) is 248 cm³/mol. The zero-order valence-corrected chi connectivity index (χ0v) is 37.1. The van der Waals surface area contributed by atoms with E-state index in [1.165, 1.54) is 161 Å². The average Bonchev–Trinajstić information content (AvgIpc) is 3.20. The van der Waals surface area contributed by atoms with Crippen molar-refractivity contribution < 1.29 is 15.0 Å². The third-order valence-corrected chi connectivity index (χ3v) is 10.6. The summed E-state index contributed by atoms with van der Waals surface area (Å²) in [7, 11) is 0. The molecule has 56 heavy (non-hydrogen) atoms. The maximum Gasteiger partial charge on any atom is 0.220 e. The molecule has 0 saturated carbocycles. The lowest BCUT2D eigenvalue weighted by Crippen LogP contribution is -2.45. The molecule has 324 valence electrons. The van der Waals surface area contributed by atoms with Crippen molar-refractivity contribution in [3.05, 3.63) is 72.9 Å². The van der Waals surface area contributed by atoms with Crippen LogP contribution in [0.5, 0.6) is 0 Å². The molecule has 0 aromatic heterocycles. The summed E-state index contributed by atoms with van der Waals surface area (Å²) in [5, 5.41) is 23.0. The Hall–Kier alpha value is -2.17. The third-order valence-electron chi connectivity index (χ3n) is 10.6. The fourth-order valence-corrected chi connectivity index (χ4v) is 6.92. The molecule has 0 rings (SSSR count). The molecule has 2 atom stereocenters. The van der Waals surface area contributed by atoms with Gasteiger partial charge in [0.25, 0.3) is 0 Å². The van der Waals surface area contributed by atoms with Crippen LogP contribution < -0.4 is 5.32 Å². The van der Waals surface area contributed by atoms with Crippen LogP contribution in [0.3, 0.4) is 0 Å². The average molecular weight is 780 g/mol. The number of aliphatic hydroxyl groups is 2. The molecule has 0 saturated heterocycles. The van der Waals surface area contributed by atoms with Gasteiger partial charge in [-0.1, -0.05) is 215 Å². The maximum absolute atomic E-state index is 12.4. The van der Waals surface area contributed by atoms with E-state index in [1.54, 1.807) is 6.08 Å². The van der Waals surface area contributed by atoms with Crippen LogP contribution in [0.15, 0.2) is 72.9 Å². The van der Waals surface area contributed by atoms with Crippen molar-refractivity contribution in [2.75, 3.05) is 6.61 Å². The summed E-state index contributed by atoms with van der Waals surface area (Å²) in [5.41, 5.74) is 0. The lowest BCUT2D eigenvalue weighted by Gasteiger charge is -2.19. The lowest BCUT2D eigenvalue weighted by molar-refractivity contribution is -0.123. The summed E-state index contributed by atoms with van der Waals surface area (Å²) < 4.78 is 0. The predicted octanol–water partition coefficient (Wildman–Crippen LogP) is 15.5. The molecule has 0 bridgehead atoms. The van der Waals surface area contributed by atoms with E-state index in [2.05, 4.69) is 79.9 Å². The number of aliphatic hydroxyl groups excluding tert-OH is 2. The zero-order chi connectivity index (χ0) is 40.7. The Balaban J connectivity index is 3.57. The van der Waals surface area contributed by atoms with Crippen molar-refractivity contribution >= 4 is 5.91 Å². The molecule has 0 radical (unpaired) electrons. The largest absolute Gasteiger partial charge is 0.394 e. The highest BCUT2D eigenvalue weighted by Gasteiger charge is 2.17. The van der Waals surface area contributed by atoms with Crippen LogP contribution in [0.1, 0.15) is 232 Å². The fourth-order valence-electron chi connectivity index (χ4n) is 6.92.